The molecule has 5 rings (SSSR count). The summed E-state index contributed by atoms with van der Waals surface area (Å²) in [7, 11) is 0. The van der Waals surface area contributed by atoms with Crippen LogP contribution in [0, 0.1) is 5.92 Å². The lowest BCUT2D eigenvalue weighted by Gasteiger charge is -2.26. The van der Waals surface area contributed by atoms with Crippen LogP contribution in [0.3, 0.4) is 0 Å². The molecule has 3 aromatic rings. The molecular weight excluding hydrogens is 340 g/mol. The number of carbonyl (C=O) groups excluding carboxylic acids is 1. The Morgan fingerprint density at radius 1 is 1.22 bits per heavy atom. The van der Waals surface area contributed by atoms with Crippen molar-refractivity contribution in [3.05, 3.63) is 42.2 Å². The van der Waals surface area contributed by atoms with Crippen molar-refractivity contribution in [2.75, 3.05) is 18.8 Å². The third-order valence-electron chi connectivity index (χ3n) is 5.19. The number of benzene rings is 1. The molecule has 2 aromatic heterocycles. The fourth-order valence-corrected chi connectivity index (χ4v) is 3.48. The second-order valence-corrected chi connectivity index (χ2v) is 7.13. The molecule has 2 aliphatic rings. The predicted octanol–water partition coefficient (Wildman–Crippen LogP) is 2.63. The number of aromatic nitrogens is 4. The Bertz CT molecular complexity index is 1030. The monoisotopic (exact) mass is 360 g/mol. The fourth-order valence-electron chi connectivity index (χ4n) is 3.48. The van der Waals surface area contributed by atoms with E-state index >= 15 is 0 Å². The van der Waals surface area contributed by atoms with Gasteiger partial charge in [-0.1, -0.05) is 18.2 Å². The lowest BCUT2D eigenvalue weighted by atomic mass is 10.0. The highest BCUT2D eigenvalue weighted by Crippen LogP contribution is 2.33. The van der Waals surface area contributed by atoms with Crippen molar-refractivity contribution < 1.29 is 4.79 Å². The Morgan fingerprint density at radius 3 is 2.81 bits per heavy atom. The average Bonchev–Trinajstić information content (AvgIpc) is 3.46. The summed E-state index contributed by atoms with van der Waals surface area (Å²) in [6, 6.07) is 7.81. The Labute approximate surface area is 156 Å². The average molecular weight is 360 g/mol. The van der Waals surface area contributed by atoms with Gasteiger partial charge in [-0.25, -0.2) is 15.0 Å². The van der Waals surface area contributed by atoms with Gasteiger partial charge in [-0.05, 0) is 37.0 Å². The largest absolute Gasteiger partial charge is 0.382 e. The second-order valence-electron chi connectivity index (χ2n) is 7.13. The molecule has 0 spiro atoms. The quantitative estimate of drug-likeness (QED) is 0.748. The van der Waals surface area contributed by atoms with E-state index in [2.05, 4.69) is 21.0 Å². The molecule has 0 bridgehead atoms. The van der Waals surface area contributed by atoms with Crippen LogP contribution in [0.15, 0.2) is 36.5 Å². The summed E-state index contributed by atoms with van der Waals surface area (Å²) in [5.74, 6) is 1.51. The highest BCUT2D eigenvalue weighted by Gasteiger charge is 2.33. The summed E-state index contributed by atoms with van der Waals surface area (Å²) in [5.41, 5.74) is 10.3. The number of para-hydroxylation sites is 2. The number of nitrogens with two attached hydrogens (primary N) is 1. The number of amides is 1. The SMILES string of the molecule is Nc1ncc(C2=CCN(C(=O)C3CC3)CC2)nc1-c1nc2ccccc2[nH]1. The van der Waals surface area contributed by atoms with E-state index in [9.17, 15) is 4.79 Å². The molecule has 1 aromatic carbocycles. The van der Waals surface area contributed by atoms with Gasteiger partial charge in [0.25, 0.3) is 0 Å². The molecule has 0 radical (unpaired) electrons. The van der Waals surface area contributed by atoms with Crippen LogP contribution in [0.2, 0.25) is 0 Å². The highest BCUT2D eigenvalue weighted by molar-refractivity contribution is 5.83. The first kappa shape index (κ1) is 16.0. The maximum absolute atomic E-state index is 12.2. The normalized spacial score (nSPS) is 17.2. The molecule has 0 saturated heterocycles. The first-order chi connectivity index (χ1) is 13.2. The van der Waals surface area contributed by atoms with Crippen LogP contribution in [0.5, 0.6) is 0 Å². The summed E-state index contributed by atoms with van der Waals surface area (Å²) >= 11 is 0. The van der Waals surface area contributed by atoms with Crippen molar-refractivity contribution in [1.29, 1.82) is 0 Å². The number of nitrogens with zero attached hydrogens (tertiary/aromatic N) is 4. The molecule has 3 N–H and O–H groups in total. The molecule has 136 valence electrons. The highest BCUT2D eigenvalue weighted by atomic mass is 16.2. The number of nitrogen functional groups attached to an aromatic ring is 1. The standard InChI is InChI=1S/C20H20N6O/c21-18-17(19-24-14-3-1-2-4-15(14)25-19)23-16(11-22-18)12-7-9-26(10-8-12)20(27)13-5-6-13/h1-4,7,11,13H,5-6,8-10H2,(H2,21,22)(H,24,25). The number of imidazole rings is 1. The van der Waals surface area contributed by atoms with Gasteiger partial charge in [0.05, 0.1) is 22.9 Å². The molecule has 3 heterocycles. The minimum absolute atomic E-state index is 0.260. The van der Waals surface area contributed by atoms with Crippen molar-refractivity contribution in [3.8, 4) is 11.5 Å². The smallest absolute Gasteiger partial charge is 0.225 e. The summed E-state index contributed by atoms with van der Waals surface area (Å²) in [4.78, 5) is 31.0. The van der Waals surface area contributed by atoms with Gasteiger partial charge in [-0.15, -0.1) is 0 Å². The molecule has 1 aliphatic carbocycles. The zero-order valence-corrected chi connectivity index (χ0v) is 14.9. The van der Waals surface area contributed by atoms with Crippen LogP contribution in [0.4, 0.5) is 5.82 Å². The fraction of sp³-hybridized carbons (Fsp3) is 0.300. The van der Waals surface area contributed by atoms with E-state index in [1.807, 2.05) is 29.2 Å². The maximum Gasteiger partial charge on any atom is 0.225 e. The summed E-state index contributed by atoms with van der Waals surface area (Å²) < 4.78 is 0. The Hall–Kier alpha value is -3.22. The van der Waals surface area contributed by atoms with Crippen LogP contribution < -0.4 is 5.73 Å². The van der Waals surface area contributed by atoms with Crippen molar-refractivity contribution in [1.82, 2.24) is 24.8 Å². The molecule has 1 aliphatic heterocycles. The molecule has 0 atom stereocenters. The number of aromatic amines is 1. The maximum atomic E-state index is 12.2. The molecule has 0 unspecified atom stereocenters. The van der Waals surface area contributed by atoms with E-state index in [1.54, 1.807) is 6.20 Å². The van der Waals surface area contributed by atoms with Crippen molar-refractivity contribution >= 4 is 28.3 Å². The van der Waals surface area contributed by atoms with Crippen LogP contribution in [-0.4, -0.2) is 43.8 Å². The third-order valence-corrected chi connectivity index (χ3v) is 5.19. The summed E-state index contributed by atoms with van der Waals surface area (Å²) in [6.45, 7) is 1.36. The Balaban J connectivity index is 1.44. The lowest BCUT2D eigenvalue weighted by molar-refractivity contribution is -0.132. The number of hydrogen-bond acceptors (Lipinski definition) is 5. The van der Waals surface area contributed by atoms with Gasteiger partial charge in [-0.2, -0.15) is 0 Å². The van der Waals surface area contributed by atoms with E-state index in [0.717, 1.165) is 48.1 Å². The van der Waals surface area contributed by atoms with Crippen LogP contribution in [0.1, 0.15) is 25.0 Å². The molecule has 1 saturated carbocycles. The van der Waals surface area contributed by atoms with Crippen molar-refractivity contribution in [2.45, 2.75) is 19.3 Å². The molecule has 7 nitrogen and oxygen atoms in total. The zero-order chi connectivity index (χ0) is 18.4. The Morgan fingerprint density at radius 2 is 2.07 bits per heavy atom. The molecule has 1 fully saturated rings. The van der Waals surface area contributed by atoms with Crippen LogP contribution in [-0.2, 0) is 4.79 Å². The number of nitrogens with one attached hydrogen (secondary N) is 1. The van der Waals surface area contributed by atoms with Crippen LogP contribution >= 0.6 is 0 Å². The van der Waals surface area contributed by atoms with Crippen molar-refractivity contribution in [3.63, 3.8) is 0 Å². The van der Waals surface area contributed by atoms with Gasteiger partial charge in [0.2, 0.25) is 5.91 Å². The lowest BCUT2D eigenvalue weighted by Crippen LogP contribution is -2.35. The van der Waals surface area contributed by atoms with Gasteiger partial charge < -0.3 is 15.6 Å². The molecule has 7 heteroatoms. The zero-order valence-electron chi connectivity index (χ0n) is 14.9. The molecule has 1 amide bonds. The van der Waals surface area contributed by atoms with Gasteiger partial charge >= 0.3 is 0 Å². The van der Waals surface area contributed by atoms with E-state index in [0.29, 0.717) is 23.9 Å². The number of fused-ring (bicyclic) bond motifs is 1. The first-order valence-corrected chi connectivity index (χ1v) is 9.25. The van der Waals surface area contributed by atoms with Gasteiger partial charge in [0, 0.05) is 19.0 Å². The first-order valence-electron chi connectivity index (χ1n) is 9.25. The number of H-pyrrole nitrogens is 1. The molecule has 27 heavy (non-hydrogen) atoms. The van der Waals surface area contributed by atoms with E-state index in [-0.39, 0.29) is 11.8 Å². The van der Waals surface area contributed by atoms with Gasteiger partial charge in [0.1, 0.15) is 5.69 Å². The minimum Gasteiger partial charge on any atom is -0.382 e. The Kier molecular flexibility index (Phi) is 3.67. The number of carbonyl (C=O) groups is 1. The van der Waals surface area contributed by atoms with Gasteiger partial charge in [-0.3, -0.25) is 4.79 Å². The van der Waals surface area contributed by atoms with E-state index in [1.165, 1.54) is 0 Å². The molecular formula is C20H20N6O. The number of anilines is 1. The second kappa shape index (κ2) is 6.19. The van der Waals surface area contributed by atoms with Crippen LogP contribution in [0.25, 0.3) is 28.1 Å². The van der Waals surface area contributed by atoms with E-state index in [4.69, 9.17) is 10.7 Å². The van der Waals surface area contributed by atoms with Gasteiger partial charge in [0.15, 0.2) is 11.6 Å². The summed E-state index contributed by atoms with van der Waals surface area (Å²) in [5, 5.41) is 0. The van der Waals surface area contributed by atoms with Crippen molar-refractivity contribution in [2.24, 2.45) is 5.92 Å². The minimum atomic E-state index is 0.260. The number of rotatable bonds is 3. The number of hydrogen-bond donors (Lipinski definition) is 2. The topological polar surface area (TPSA) is 101 Å². The predicted molar refractivity (Wildman–Crippen MR) is 103 cm³/mol. The third kappa shape index (κ3) is 2.95. The summed E-state index contributed by atoms with van der Waals surface area (Å²) in [6.07, 6.45) is 6.63. The van der Waals surface area contributed by atoms with E-state index < -0.39 is 0 Å².